The molecule has 0 atom stereocenters. The van der Waals surface area contributed by atoms with E-state index in [1.165, 1.54) is 12.1 Å². The summed E-state index contributed by atoms with van der Waals surface area (Å²) in [6, 6.07) is 13.3. The van der Waals surface area contributed by atoms with E-state index in [9.17, 15) is 13.2 Å². The Hall–Kier alpha value is -1.85. The first-order valence-electron chi connectivity index (χ1n) is 10.9. The number of benzene rings is 2. The predicted octanol–water partition coefficient (Wildman–Crippen LogP) is 5.27. The van der Waals surface area contributed by atoms with Gasteiger partial charge in [-0.1, -0.05) is 36.4 Å². The van der Waals surface area contributed by atoms with Crippen LogP contribution in [-0.2, 0) is 35.3 Å². The van der Waals surface area contributed by atoms with Crippen molar-refractivity contribution < 1.29 is 22.6 Å². The molecule has 0 bridgehead atoms. The first kappa shape index (κ1) is 27.4. The molecule has 0 unspecified atom stereocenters. The number of guanidine groups is 1. The van der Waals surface area contributed by atoms with Crippen LogP contribution >= 0.6 is 24.0 Å². The molecule has 1 aliphatic rings. The zero-order valence-corrected chi connectivity index (χ0v) is 21.0. The van der Waals surface area contributed by atoms with E-state index >= 15 is 0 Å². The SMILES string of the molecule is CCNC(=NCc1ccc(C(F)(F)F)cc1)NCc1ccc(COC2CCOCC2)cc1.I. The fourth-order valence-electron chi connectivity index (χ4n) is 3.31. The summed E-state index contributed by atoms with van der Waals surface area (Å²) in [4.78, 5) is 4.47. The van der Waals surface area contributed by atoms with Crippen LogP contribution in [0.1, 0.15) is 42.0 Å². The molecule has 5 nitrogen and oxygen atoms in total. The molecule has 2 aromatic rings. The van der Waals surface area contributed by atoms with Gasteiger partial charge in [0.25, 0.3) is 0 Å². The molecule has 2 N–H and O–H groups in total. The van der Waals surface area contributed by atoms with Gasteiger partial charge in [-0.05, 0) is 48.6 Å². The van der Waals surface area contributed by atoms with Crippen LogP contribution in [0.5, 0.6) is 0 Å². The zero-order valence-electron chi connectivity index (χ0n) is 18.7. The van der Waals surface area contributed by atoms with Crippen LogP contribution in [0.4, 0.5) is 13.2 Å². The molecule has 0 amide bonds. The van der Waals surface area contributed by atoms with Crippen LogP contribution in [0.2, 0.25) is 0 Å². The first-order valence-corrected chi connectivity index (χ1v) is 10.9. The van der Waals surface area contributed by atoms with Crippen molar-refractivity contribution in [2.24, 2.45) is 4.99 Å². The number of hydrogen-bond acceptors (Lipinski definition) is 3. The number of nitrogens with one attached hydrogen (secondary N) is 2. The molecule has 0 spiro atoms. The third kappa shape index (κ3) is 9.50. The average molecular weight is 577 g/mol. The highest BCUT2D eigenvalue weighted by atomic mass is 127. The molecule has 182 valence electrons. The molecule has 0 aromatic heterocycles. The maximum absolute atomic E-state index is 12.7. The maximum Gasteiger partial charge on any atom is 0.416 e. The van der Waals surface area contributed by atoms with Crippen molar-refractivity contribution in [3.63, 3.8) is 0 Å². The largest absolute Gasteiger partial charge is 0.416 e. The summed E-state index contributed by atoms with van der Waals surface area (Å²) in [5.41, 5.74) is 2.28. The van der Waals surface area contributed by atoms with Gasteiger partial charge in [0.15, 0.2) is 5.96 Å². The van der Waals surface area contributed by atoms with Crippen molar-refractivity contribution in [2.45, 2.75) is 51.7 Å². The van der Waals surface area contributed by atoms with Gasteiger partial charge in [-0.3, -0.25) is 0 Å². The lowest BCUT2D eigenvalue weighted by Gasteiger charge is -2.22. The van der Waals surface area contributed by atoms with Gasteiger partial charge in [0.05, 0.1) is 24.8 Å². The van der Waals surface area contributed by atoms with E-state index in [1.807, 2.05) is 6.92 Å². The van der Waals surface area contributed by atoms with Crippen molar-refractivity contribution in [3.05, 3.63) is 70.8 Å². The maximum atomic E-state index is 12.7. The van der Waals surface area contributed by atoms with Crippen LogP contribution in [0.15, 0.2) is 53.5 Å². The molecule has 1 aliphatic heterocycles. The lowest BCUT2D eigenvalue weighted by Crippen LogP contribution is -2.36. The Kier molecular flexibility index (Phi) is 11.4. The number of nitrogens with zero attached hydrogens (tertiary/aromatic N) is 1. The van der Waals surface area contributed by atoms with E-state index in [-0.39, 0.29) is 36.6 Å². The van der Waals surface area contributed by atoms with E-state index in [4.69, 9.17) is 9.47 Å². The van der Waals surface area contributed by atoms with Gasteiger partial charge in [0.1, 0.15) is 0 Å². The summed E-state index contributed by atoms with van der Waals surface area (Å²) in [5, 5.41) is 6.42. The molecule has 33 heavy (non-hydrogen) atoms. The lowest BCUT2D eigenvalue weighted by atomic mass is 10.1. The van der Waals surface area contributed by atoms with E-state index in [1.54, 1.807) is 0 Å². The molecule has 1 fully saturated rings. The molecule has 1 saturated heterocycles. The van der Waals surface area contributed by atoms with Crippen LogP contribution < -0.4 is 10.6 Å². The summed E-state index contributed by atoms with van der Waals surface area (Å²) < 4.78 is 49.4. The second kappa shape index (κ2) is 13.8. The third-order valence-corrected chi connectivity index (χ3v) is 5.18. The number of rotatable bonds is 8. The molecule has 2 aromatic carbocycles. The monoisotopic (exact) mass is 577 g/mol. The van der Waals surface area contributed by atoms with Crippen LogP contribution in [-0.4, -0.2) is 31.8 Å². The highest BCUT2D eigenvalue weighted by Gasteiger charge is 2.29. The van der Waals surface area contributed by atoms with Gasteiger partial charge in [-0.25, -0.2) is 4.99 Å². The molecule has 0 aliphatic carbocycles. The van der Waals surface area contributed by atoms with Crippen molar-refractivity contribution >= 4 is 29.9 Å². The number of halogens is 4. The molecule has 3 rings (SSSR count). The molecule has 9 heteroatoms. The van der Waals surface area contributed by atoms with Crippen LogP contribution in [0.25, 0.3) is 0 Å². The van der Waals surface area contributed by atoms with Gasteiger partial charge in [0.2, 0.25) is 0 Å². The fourth-order valence-corrected chi connectivity index (χ4v) is 3.31. The standard InChI is InChI=1S/C24H30F3N3O2.HI/c1-2-28-23(30-16-19-7-9-21(10-8-19)24(25,26)27)29-15-18-3-5-20(6-4-18)17-32-22-11-13-31-14-12-22;/h3-10,22H,2,11-17H2,1H3,(H2,28,29,30);1H. The molecule has 0 saturated carbocycles. The minimum absolute atomic E-state index is 0. The van der Waals surface area contributed by atoms with E-state index < -0.39 is 11.7 Å². The summed E-state index contributed by atoms with van der Waals surface area (Å²) >= 11 is 0. The smallest absolute Gasteiger partial charge is 0.381 e. The van der Waals surface area contributed by atoms with E-state index in [0.29, 0.717) is 31.2 Å². The topological polar surface area (TPSA) is 54.9 Å². The second-order valence-corrected chi connectivity index (χ2v) is 7.68. The minimum Gasteiger partial charge on any atom is -0.381 e. The molecule has 0 radical (unpaired) electrons. The van der Waals surface area contributed by atoms with Gasteiger partial charge < -0.3 is 20.1 Å². The van der Waals surface area contributed by atoms with Crippen LogP contribution in [0, 0.1) is 0 Å². The van der Waals surface area contributed by atoms with E-state index in [0.717, 1.165) is 49.3 Å². The molecular formula is C24H31F3IN3O2. The van der Waals surface area contributed by atoms with Gasteiger partial charge in [-0.15, -0.1) is 24.0 Å². The lowest BCUT2D eigenvalue weighted by molar-refractivity contribution is -0.137. The highest BCUT2D eigenvalue weighted by molar-refractivity contribution is 14.0. The van der Waals surface area contributed by atoms with Crippen molar-refractivity contribution in [1.29, 1.82) is 0 Å². The Labute approximate surface area is 210 Å². The highest BCUT2D eigenvalue weighted by Crippen LogP contribution is 2.29. The first-order chi connectivity index (χ1) is 15.4. The minimum atomic E-state index is -4.33. The Balaban J connectivity index is 0.00000385. The molecular weight excluding hydrogens is 546 g/mol. The average Bonchev–Trinajstić information content (AvgIpc) is 2.80. The number of ether oxygens (including phenoxy) is 2. The summed E-state index contributed by atoms with van der Waals surface area (Å²) in [7, 11) is 0. The number of hydrogen-bond donors (Lipinski definition) is 2. The number of alkyl halides is 3. The van der Waals surface area contributed by atoms with Crippen LogP contribution in [0.3, 0.4) is 0 Å². The third-order valence-electron chi connectivity index (χ3n) is 5.18. The van der Waals surface area contributed by atoms with Crippen molar-refractivity contribution in [3.8, 4) is 0 Å². The fraction of sp³-hybridized carbons (Fsp3) is 0.458. The van der Waals surface area contributed by atoms with Gasteiger partial charge in [-0.2, -0.15) is 13.2 Å². The summed E-state index contributed by atoms with van der Waals surface area (Å²) in [6.45, 7) is 5.64. The predicted molar refractivity (Wildman–Crippen MR) is 134 cm³/mol. The normalized spacial score (nSPS) is 15.1. The Bertz CT molecular complexity index is 853. The molecule has 1 heterocycles. The quantitative estimate of drug-likeness (QED) is 0.255. The van der Waals surface area contributed by atoms with Crippen molar-refractivity contribution in [2.75, 3.05) is 19.8 Å². The second-order valence-electron chi connectivity index (χ2n) is 7.68. The Morgan fingerprint density at radius 2 is 1.58 bits per heavy atom. The Morgan fingerprint density at radius 1 is 0.970 bits per heavy atom. The summed E-state index contributed by atoms with van der Waals surface area (Å²) in [6.07, 6.45) is -2.17. The van der Waals surface area contributed by atoms with Crippen molar-refractivity contribution in [1.82, 2.24) is 10.6 Å². The Morgan fingerprint density at radius 3 is 2.18 bits per heavy atom. The summed E-state index contributed by atoms with van der Waals surface area (Å²) in [5.74, 6) is 0.610. The van der Waals surface area contributed by atoms with Gasteiger partial charge in [0, 0.05) is 26.3 Å². The zero-order chi connectivity index (χ0) is 22.8. The van der Waals surface area contributed by atoms with Gasteiger partial charge >= 0.3 is 6.18 Å². The number of aliphatic imine (C=N–C) groups is 1. The van der Waals surface area contributed by atoms with E-state index in [2.05, 4.69) is 39.9 Å².